The predicted molar refractivity (Wildman–Crippen MR) is 82.3 cm³/mol. The molecule has 1 saturated heterocycles. The third-order valence-corrected chi connectivity index (χ3v) is 4.57. The minimum absolute atomic E-state index is 0.00936. The lowest BCUT2D eigenvalue weighted by molar-refractivity contribution is -0.119. The number of aryl methyl sites for hydroxylation is 1. The minimum Gasteiger partial charge on any atom is -0.372 e. The first-order valence-electron chi connectivity index (χ1n) is 7.70. The number of hydrogen-bond donors (Lipinski definition) is 3. The van der Waals surface area contributed by atoms with Crippen molar-refractivity contribution in [2.45, 2.75) is 45.3 Å². The molecule has 5 heteroatoms. The van der Waals surface area contributed by atoms with Gasteiger partial charge in [0.2, 0.25) is 5.91 Å². The van der Waals surface area contributed by atoms with Crippen molar-refractivity contribution in [3.63, 3.8) is 0 Å². The van der Waals surface area contributed by atoms with E-state index in [1.807, 2.05) is 12.1 Å². The van der Waals surface area contributed by atoms with E-state index >= 15 is 0 Å². The van der Waals surface area contributed by atoms with E-state index in [0.717, 1.165) is 31.4 Å². The molecule has 0 radical (unpaired) electrons. The summed E-state index contributed by atoms with van der Waals surface area (Å²) < 4.78 is 0. The number of rotatable bonds is 2. The molecule has 1 spiro atoms. The zero-order chi connectivity index (χ0) is 16.0. The summed E-state index contributed by atoms with van der Waals surface area (Å²) in [5, 5.41) is 15.2. The molecule has 1 heterocycles. The van der Waals surface area contributed by atoms with E-state index in [-0.39, 0.29) is 17.2 Å². The summed E-state index contributed by atoms with van der Waals surface area (Å²) in [6.07, 6.45) is 3.35. The molecule has 0 unspecified atom stereocenters. The summed E-state index contributed by atoms with van der Waals surface area (Å²) in [6, 6.07) is 5.70. The van der Waals surface area contributed by atoms with Gasteiger partial charge >= 0.3 is 0 Å². The monoisotopic (exact) mass is 302 g/mol. The molecule has 3 N–H and O–H groups in total. The Labute approximate surface area is 130 Å². The van der Waals surface area contributed by atoms with Crippen molar-refractivity contribution in [2.75, 3.05) is 6.54 Å². The molecular weight excluding hydrogens is 280 g/mol. The van der Waals surface area contributed by atoms with Gasteiger partial charge in [0.15, 0.2) is 0 Å². The third kappa shape index (κ3) is 2.99. The van der Waals surface area contributed by atoms with Crippen molar-refractivity contribution in [3.05, 3.63) is 34.9 Å². The normalized spacial score (nSPS) is 24.0. The first-order chi connectivity index (χ1) is 10.3. The highest BCUT2D eigenvalue weighted by Gasteiger charge is 2.40. The Morgan fingerprint density at radius 3 is 2.73 bits per heavy atom. The van der Waals surface area contributed by atoms with Crippen LogP contribution in [-0.2, 0) is 17.6 Å². The topological polar surface area (TPSA) is 78.4 Å². The summed E-state index contributed by atoms with van der Waals surface area (Å²) in [5.74, 6) is -0.157. The van der Waals surface area contributed by atoms with Crippen LogP contribution in [-0.4, -0.2) is 29.2 Å². The lowest BCUT2D eigenvalue weighted by Gasteiger charge is -2.33. The molecule has 1 aromatic carbocycles. The Hall–Kier alpha value is -1.88. The zero-order valence-electron chi connectivity index (χ0n) is 13.0. The van der Waals surface area contributed by atoms with Crippen molar-refractivity contribution in [1.82, 2.24) is 10.6 Å². The van der Waals surface area contributed by atoms with Crippen molar-refractivity contribution in [3.8, 4) is 0 Å². The van der Waals surface area contributed by atoms with Crippen LogP contribution in [0.1, 0.15) is 48.2 Å². The van der Waals surface area contributed by atoms with Gasteiger partial charge in [0.1, 0.15) is 5.72 Å². The van der Waals surface area contributed by atoms with Gasteiger partial charge in [-0.15, -0.1) is 0 Å². The van der Waals surface area contributed by atoms with Crippen LogP contribution in [0.15, 0.2) is 18.2 Å². The van der Waals surface area contributed by atoms with Gasteiger partial charge in [-0.25, -0.2) is 0 Å². The molecule has 1 fully saturated rings. The predicted octanol–water partition coefficient (Wildman–Crippen LogP) is 1.14. The van der Waals surface area contributed by atoms with Crippen LogP contribution >= 0.6 is 0 Å². The summed E-state index contributed by atoms with van der Waals surface area (Å²) >= 11 is 0. The highest BCUT2D eigenvalue weighted by molar-refractivity contribution is 5.94. The van der Waals surface area contributed by atoms with Crippen molar-refractivity contribution in [1.29, 1.82) is 0 Å². The van der Waals surface area contributed by atoms with Crippen molar-refractivity contribution in [2.24, 2.45) is 5.41 Å². The molecule has 22 heavy (non-hydrogen) atoms. The van der Waals surface area contributed by atoms with Crippen LogP contribution < -0.4 is 10.6 Å². The molecule has 1 aliphatic carbocycles. The van der Waals surface area contributed by atoms with Gasteiger partial charge in [-0.1, -0.05) is 6.07 Å². The molecule has 0 aromatic heterocycles. The number of nitrogens with one attached hydrogen (secondary N) is 2. The summed E-state index contributed by atoms with van der Waals surface area (Å²) in [4.78, 5) is 23.7. The number of benzene rings is 1. The fourth-order valence-corrected chi connectivity index (χ4v) is 3.47. The van der Waals surface area contributed by atoms with Crippen LogP contribution in [0.2, 0.25) is 0 Å². The van der Waals surface area contributed by atoms with Crippen LogP contribution in [0.3, 0.4) is 0 Å². The number of carbonyl (C=O) groups excluding carboxylic acids is 2. The van der Waals surface area contributed by atoms with E-state index in [2.05, 4.69) is 10.6 Å². The van der Waals surface area contributed by atoms with Gasteiger partial charge < -0.3 is 15.7 Å². The Morgan fingerprint density at radius 1 is 1.32 bits per heavy atom. The molecule has 2 aliphatic rings. The third-order valence-electron chi connectivity index (χ3n) is 4.57. The second-order valence-electron chi connectivity index (χ2n) is 7.13. The Bertz CT molecular complexity index is 633. The lowest BCUT2D eigenvalue weighted by Crippen LogP contribution is -2.43. The quantitative estimate of drug-likeness (QED) is 0.717. The van der Waals surface area contributed by atoms with Gasteiger partial charge in [0.05, 0.1) is 0 Å². The molecule has 3 rings (SSSR count). The van der Waals surface area contributed by atoms with Gasteiger partial charge in [-0.2, -0.15) is 0 Å². The lowest BCUT2D eigenvalue weighted by atomic mass is 9.71. The molecule has 1 aliphatic heterocycles. The van der Waals surface area contributed by atoms with Gasteiger partial charge in [-0.3, -0.25) is 9.59 Å². The molecule has 1 aromatic rings. The first-order valence-corrected chi connectivity index (χ1v) is 7.70. The molecule has 5 nitrogen and oxygen atoms in total. The maximum Gasteiger partial charge on any atom is 0.253 e. The van der Waals surface area contributed by atoms with E-state index in [1.165, 1.54) is 19.4 Å². The standard InChI is InChI=1S/C17H22N2O3/c1-16(2,22)19-15(21)12-4-3-11-5-6-17(8-13(11)7-12)9-14(20)18-10-17/h3-4,7,22H,5-6,8-10H2,1-2H3,(H,18,20)(H,19,21)/t17-/m1/s1. The maximum absolute atomic E-state index is 12.2. The van der Waals surface area contributed by atoms with Gasteiger partial charge in [0.25, 0.3) is 5.91 Å². The van der Waals surface area contributed by atoms with Crippen LogP contribution in [0, 0.1) is 5.41 Å². The summed E-state index contributed by atoms with van der Waals surface area (Å²) in [7, 11) is 0. The SMILES string of the molecule is CC(C)(O)NC(=O)c1ccc2c(c1)C[C@@]1(CC2)CNC(=O)C1. The number of hydrogen-bond acceptors (Lipinski definition) is 3. The molecular formula is C17H22N2O3. The largest absolute Gasteiger partial charge is 0.372 e. The second-order valence-corrected chi connectivity index (χ2v) is 7.13. The second kappa shape index (κ2) is 5.09. The molecule has 2 amide bonds. The smallest absolute Gasteiger partial charge is 0.253 e. The Balaban J connectivity index is 1.83. The Morgan fingerprint density at radius 2 is 2.09 bits per heavy atom. The average molecular weight is 302 g/mol. The number of aliphatic hydroxyl groups is 1. The first kappa shape index (κ1) is 15.0. The highest BCUT2D eigenvalue weighted by Crippen LogP contribution is 2.40. The molecule has 0 bridgehead atoms. The fourth-order valence-electron chi connectivity index (χ4n) is 3.47. The molecule has 1 atom stereocenters. The van der Waals surface area contributed by atoms with Crippen molar-refractivity contribution >= 4 is 11.8 Å². The van der Waals surface area contributed by atoms with Crippen LogP contribution in [0.5, 0.6) is 0 Å². The van der Waals surface area contributed by atoms with E-state index in [4.69, 9.17) is 0 Å². The minimum atomic E-state index is -1.24. The van der Waals surface area contributed by atoms with E-state index in [0.29, 0.717) is 12.0 Å². The molecule has 0 saturated carbocycles. The maximum atomic E-state index is 12.2. The van der Waals surface area contributed by atoms with Crippen molar-refractivity contribution < 1.29 is 14.7 Å². The van der Waals surface area contributed by atoms with Crippen LogP contribution in [0.25, 0.3) is 0 Å². The van der Waals surface area contributed by atoms with E-state index in [9.17, 15) is 14.7 Å². The van der Waals surface area contributed by atoms with Gasteiger partial charge in [0, 0.05) is 23.9 Å². The summed E-state index contributed by atoms with van der Waals surface area (Å²) in [5.41, 5.74) is 1.72. The average Bonchev–Trinajstić information content (AvgIpc) is 2.77. The van der Waals surface area contributed by atoms with E-state index in [1.54, 1.807) is 6.07 Å². The highest BCUT2D eigenvalue weighted by atomic mass is 16.3. The van der Waals surface area contributed by atoms with Gasteiger partial charge in [-0.05, 0) is 56.4 Å². The number of fused-ring (bicyclic) bond motifs is 1. The summed E-state index contributed by atoms with van der Waals surface area (Å²) in [6.45, 7) is 3.80. The number of carbonyl (C=O) groups is 2. The fraction of sp³-hybridized carbons (Fsp3) is 0.529. The Kier molecular flexibility index (Phi) is 3.48. The van der Waals surface area contributed by atoms with Crippen LogP contribution in [0.4, 0.5) is 0 Å². The number of amides is 2. The van der Waals surface area contributed by atoms with E-state index < -0.39 is 5.72 Å². The zero-order valence-corrected chi connectivity index (χ0v) is 13.0. The molecule has 118 valence electrons.